The van der Waals surface area contributed by atoms with E-state index < -0.39 is 0 Å². The Bertz CT molecular complexity index is 1860. The number of hydrogen-bond donors (Lipinski definition) is 0. The number of aryl methyl sites for hydroxylation is 1. The predicted molar refractivity (Wildman–Crippen MR) is 160 cm³/mol. The smallest absolute Gasteiger partial charge is 0.269 e. The zero-order valence-corrected chi connectivity index (χ0v) is 23.6. The molecule has 3 heterocycles. The van der Waals surface area contributed by atoms with Crippen molar-refractivity contribution in [1.29, 1.82) is 0 Å². The maximum Gasteiger partial charge on any atom is 0.269 e. The van der Waals surface area contributed by atoms with E-state index >= 15 is 0 Å². The van der Waals surface area contributed by atoms with Crippen molar-refractivity contribution >= 4 is 73.3 Å². The first-order valence-corrected chi connectivity index (χ1v) is 15.1. The maximum atomic E-state index is 13.4. The molecule has 1 aliphatic heterocycles. The zero-order chi connectivity index (χ0) is 25.5. The number of fused-ring (bicyclic) bond motifs is 4. The normalized spacial score (nSPS) is 15.5. The Morgan fingerprint density at radius 2 is 1.70 bits per heavy atom. The minimum absolute atomic E-state index is 0.0776. The summed E-state index contributed by atoms with van der Waals surface area (Å²) in [5, 5.41) is 4.85. The van der Waals surface area contributed by atoms with Gasteiger partial charge in [-0.2, -0.15) is 4.57 Å². The number of hydrogen-bond acceptors (Lipinski definition) is 5. The summed E-state index contributed by atoms with van der Waals surface area (Å²) in [5.41, 5.74) is 2.59. The van der Waals surface area contributed by atoms with E-state index in [1.807, 2.05) is 17.6 Å². The van der Waals surface area contributed by atoms with Crippen LogP contribution in [0, 0.1) is 0 Å². The van der Waals surface area contributed by atoms with Crippen LogP contribution in [-0.2, 0) is 13.1 Å². The first kappa shape index (κ1) is 24.2. The number of para-hydroxylation sites is 1. The Labute approximate surface area is 228 Å². The molecular formula is C30H28N3OS3+. The van der Waals surface area contributed by atoms with Gasteiger partial charge in [-0.25, -0.2) is 0 Å². The molecular weight excluding hydrogens is 515 g/mol. The Kier molecular flexibility index (Phi) is 6.53. The number of benzene rings is 3. The van der Waals surface area contributed by atoms with E-state index in [2.05, 4.69) is 96.1 Å². The van der Waals surface area contributed by atoms with Crippen molar-refractivity contribution in [3.8, 4) is 0 Å². The second-order valence-electron chi connectivity index (χ2n) is 8.80. The largest absolute Gasteiger partial charge is 0.335 e. The lowest BCUT2D eigenvalue weighted by Crippen LogP contribution is -2.35. The van der Waals surface area contributed by atoms with Crippen molar-refractivity contribution in [2.75, 3.05) is 11.4 Å². The summed E-state index contributed by atoms with van der Waals surface area (Å²) in [6.07, 6.45) is 6.30. The van der Waals surface area contributed by atoms with E-state index in [-0.39, 0.29) is 5.56 Å². The summed E-state index contributed by atoms with van der Waals surface area (Å²) in [4.78, 5) is 16.9. The molecule has 0 saturated heterocycles. The molecule has 0 N–H and O–H groups in total. The molecule has 4 nitrogen and oxygen atoms in total. The third-order valence-corrected chi connectivity index (χ3v) is 10.1. The van der Waals surface area contributed by atoms with E-state index in [1.54, 1.807) is 34.4 Å². The number of nitrogens with zero attached hydrogens (tertiary/aromatic N) is 3. The molecule has 0 radical (unpaired) electrons. The van der Waals surface area contributed by atoms with Crippen LogP contribution in [-0.4, -0.2) is 11.1 Å². The fourth-order valence-electron chi connectivity index (χ4n) is 5.01. The summed E-state index contributed by atoms with van der Waals surface area (Å²) in [7, 11) is 0. The van der Waals surface area contributed by atoms with Crippen molar-refractivity contribution in [1.82, 2.24) is 4.57 Å². The van der Waals surface area contributed by atoms with Gasteiger partial charge in [-0.3, -0.25) is 9.36 Å². The fraction of sp³-hybridized carbons (Fsp3) is 0.200. The molecule has 0 atom stereocenters. The second kappa shape index (κ2) is 9.97. The average Bonchev–Trinajstić information content (AvgIpc) is 3.57. The van der Waals surface area contributed by atoms with Crippen molar-refractivity contribution < 1.29 is 4.57 Å². The lowest BCUT2D eigenvalue weighted by atomic mass is 10.1. The van der Waals surface area contributed by atoms with Crippen molar-refractivity contribution in [3.05, 3.63) is 96.3 Å². The minimum atomic E-state index is 0.0776. The zero-order valence-electron chi connectivity index (χ0n) is 21.1. The van der Waals surface area contributed by atoms with Crippen LogP contribution in [0.2, 0.25) is 0 Å². The quantitative estimate of drug-likeness (QED) is 0.267. The van der Waals surface area contributed by atoms with Gasteiger partial charge in [0.15, 0.2) is 0 Å². The molecule has 0 aliphatic carbocycles. The summed E-state index contributed by atoms with van der Waals surface area (Å²) < 4.78 is 7.30. The molecule has 5 aromatic rings. The number of allylic oxidation sites excluding steroid dienone is 1. The predicted octanol–water partition coefficient (Wildman–Crippen LogP) is 5.69. The van der Waals surface area contributed by atoms with Gasteiger partial charge in [0.2, 0.25) is 5.52 Å². The SMILES string of the molecule is CCN1C(=C/C=c2/sc(=Cc3sc4ccc5ccccc5c4[n+]3CC)n(CC)c2=O)Sc2ccccc21. The molecule has 0 unspecified atom stereocenters. The van der Waals surface area contributed by atoms with E-state index in [0.29, 0.717) is 6.54 Å². The van der Waals surface area contributed by atoms with Crippen LogP contribution in [0.25, 0.3) is 33.1 Å². The van der Waals surface area contributed by atoms with E-state index in [4.69, 9.17) is 0 Å². The van der Waals surface area contributed by atoms with E-state index in [0.717, 1.165) is 27.3 Å². The maximum absolute atomic E-state index is 13.4. The van der Waals surface area contributed by atoms with Crippen LogP contribution in [0.3, 0.4) is 0 Å². The summed E-state index contributed by atoms with van der Waals surface area (Å²) in [6, 6.07) is 21.4. The van der Waals surface area contributed by atoms with Crippen LogP contribution in [0.15, 0.2) is 81.5 Å². The van der Waals surface area contributed by atoms with Gasteiger partial charge in [-0.15, -0.1) is 11.3 Å². The lowest BCUT2D eigenvalue weighted by Gasteiger charge is -2.17. The monoisotopic (exact) mass is 542 g/mol. The van der Waals surface area contributed by atoms with Gasteiger partial charge < -0.3 is 4.90 Å². The highest BCUT2D eigenvalue weighted by Crippen LogP contribution is 2.45. The summed E-state index contributed by atoms with van der Waals surface area (Å²) >= 11 is 5.13. The molecule has 0 fully saturated rings. The van der Waals surface area contributed by atoms with Gasteiger partial charge in [0.25, 0.3) is 10.6 Å². The van der Waals surface area contributed by atoms with E-state index in [1.165, 1.54) is 36.6 Å². The number of thioether (sulfide) groups is 1. The van der Waals surface area contributed by atoms with Crippen LogP contribution in [0.4, 0.5) is 5.69 Å². The topological polar surface area (TPSA) is 29.1 Å². The minimum Gasteiger partial charge on any atom is -0.335 e. The number of rotatable bonds is 5. The van der Waals surface area contributed by atoms with Crippen molar-refractivity contribution in [3.63, 3.8) is 0 Å². The molecule has 0 amide bonds. The third kappa shape index (κ3) is 4.15. The number of anilines is 1. The van der Waals surface area contributed by atoms with Gasteiger partial charge in [0, 0.05) is 18.0 Å². The molecule has 37 heavy (non-hydrogen) atoms. The molecule has 0 bridgehead atoms. The first-order valence-electron chi connectivity index (χ1n) is 12.6. The average molecular weight is 543 g/mol. The van der Waals surface area contributed by atoms with Crippen molar-refractivity contribution in [2.24, 2.45) is 0 Å². The molecule has 2 aromatic heterocycles. The first-order chi connectivity index (χ1) is 18.1. The molecule has 186 valence electrons. The second-order valence-corrected chi connectivity index (χ2v) is 12.0. The standard InChI is InChI=1S/C30H28N3OS3/c1-4-31-22-13-9-10-14-23(22)35-26(31)18-17-25-30(34)33(6-3)28(37-25)19-27-32(5-2)29-21-12-8-7-11-20(21)15-16-24(29)36-27/h7-19H,4-6H2,1-3H3/q+1/b25-17+,26-18?. The number of thiazole rings is 2. The van der Waals surface area contributed by atoms with Crippen LogP contribution in [0.1, 0.15) is 25.8 Å². The molecule has 3 aromatic carbocycles. The Hall–Kier alpha value is -3.13. The molecule has 0 saturated carbocycles. The highest BCUT2D eigenvalue weighted by atomic mass is 32.2. The Morgan fingerprint density at radius 3 is 2.51 bits per heavy atom. The van der Waals surface area contributed by atoms with E-state index in [9.17, 15) is 4.79 Å². The Morgan fingerprint density at radius 1 is 0.892 bits per heavy atom. The van der Waals surface area contributed by atoms with Crippen molar-refractivity contribution in [2.45, 2.75) is 38.8 Å². The van der Waals surface area contributed by atoms with Crippen LogP contribution in [0.5, 0.6) is 0 Å². The molecule has 6 rings (SSSR count). The van der Waals surface area contributed by atoms with Crippen LogP contribution < -0.4 is 24.2 Å². The lowest BCUT2D eigenvalue weighted by molar-refractivity contribution is -0.664. The van der Waals surface area contributed by atoms with Gasteiger partial charge in [0.05, 0.1) is 26.7 Å². The number of aromatic nitrogens is 2. The van der Waals surface area contributed by atoms with Gasteiger partial charge >= 0.3 is 0 Å². The Balaban J connectivity index is 1.48. The third-order valence-electron chi connectivity index (χ3n) is 6.76. The van der Waals surface area contributed by atoms with Crippen LogP contribution >= 0.6 is 34.4 Å². The highest BCUT2D eigenvalue weighted by molar-refractivity contribution is 8.03. The highest BCUT2D eigenvalue weighted by Gasteiger charge is 2.23. The summed E-state index contributed by atoms with van der Waals surface area (Å²) in [6.45, 7) is 8.81. The van der Waals surface area contributed by atoms with Gasteiger partial charge in [-0.1, -0.05) is 59.5 Å². The fourth-order valence-corrected chi connectivity index (χ4v) is 8.44. The molecule has 1 aliphatic rings. The summed E-state index contributed by atoms with van der Waals surface area (Å²) in [5.74, 6) is 0. The van der Waals surface area contributed by atoms with Gasteiger partial charge in [-0.05, 0) is 62.6 Å². The van der Waals surface area contributed by atoms with Gasteiger partial charge in [0.1, 0.15) is 15.9 Å². The molecule has 0 spiro atoms. The molecule has 7 heteroatoms.